The van der Waals surface area contributed by atoms with Gasteiger partial charge in [-0.05, 0) is 72.6 Å². The average molecular weight is 479 g/mol. The highest BCUT2D eigenvalue weighted by molar-refractivity contribution is 8.26. The average Bonchev–Trinajstić information content (AvgIpc) is 3.27. The zero-order valence-electron chi connectivity index (χ0n) is 19.1. The molecular formula is C25H26N4O4S. The minimum atomic E-state index is -0.424. The van der Waals surface area contributed by atoms with Crippen LogP contribution in [0.3, 0.4) is 0 Å². The predicted octanol–water partition coefficient (Wildman–Crippen LogP) is 4.96. The maximum atomic E-state index is 12.5. The number of amides is 1. The van der Waals surface area contributed by atoms with Gasteiger partial charge in [0, 0.05) is 0 Å². The molecule has 2 aliphatic heterocycles. The van der Waals surface area contributed by atoms with E-state index in [1.54, 1.807) is 13.2 Å². The van der Waals surface area contributed by atoms with Crippen molar-refractivity contribution in [3.8, 4) is 17.2 Å². The highest BCUT2D eigenvalue weighted by Crippen LogP contribution is 2.30. The summed E-state index contributed by atoms with van der Waals surface area (Å²) in [5, 5.41) is 15.7. The van der Waals surface area contributed by atoms with Gasteiger partial charge in [0.1, 0.15) is 35.5 Å². The number of benzene rings is 2. The number of carbonyl (C=O) groups excluding carboxylic acids is 1. The highest BCUT2D eigenvalue weighted by Gasteiger charge is 2.35. The smallest absolute Gasteiger partial charge is 0.283 e. The first-order chi connectivity index (χ1) is 16.6. The lowest BCUT2D eigenvalue weighted by molar-refractivity contribution is -0.114. The Hall–Kier alpha value is -3.59. The van der Waals surface area contributed by atoms with E-state index >= 15 is 0 Å². The molecule has 34 heavy (non-hydrogen) atoms. The van der Waals surface area contributed by atoms with Crippen molar-refractivity contribution in [2.75, 3.05) is 20.3 Å². The summed E-state index contributed by atoms with van der Waals surface area (Å²) in [6, 6.07) is 14.7. The molecule has 0 spiro atoms. The molecule has 2 heterocycles. The fourth-order valence-electron chi connectivity index (χ4n) is 3.28. The molecule has 4 rings (SSSR count). The van der Waals surface area contributed by atoms with Crippen LogP contribution < -0.4 is 14.2 Å². The van der Waals surface area contributed by atoms with E-state index in [9.17, 15) is 4.79 Å². The van der Waals surface area contributed by atoms with E-state index in [1.165, 1.54) is 16.8 Å². The third kappa shape index (κ3) is 5.66. The summed E-state index contributed by atoms with van der Waals surface area (Å²) in [7, 11) is 1.62. The number of hydrogen-bond acceptors (Lipinski definition) is 7. The van der Waals surface area contributed by atoms with E-state index in [1.807, 2.05) is 48.5 Å². The number of fused-ring (bicyclic) bond motifs is 1. The summed E-state index contributed by atoms with van der Waals surface area (Å²) in [4.78, 5) is 16.7. The topological polar surface area (TPSA) is 96.6 Å². The van der Waals surface area contributed by atoms with Crippen LogP contribution in [-0.4, -0.2) is 47.3 Å². The number of rotatable bonds is 10. The van der Waals surface area contributed by atoms with Crippen molar-refractivity contribution in [2.24, 2.45) is 10.1 Å². The predicted molar refractivity (Wildman–Crippen MR) is 135 cm³/mol. The lowest BCUT2D eigenvalue weighted by Crippen LogP contribution is -2.35. The summed E-state index contributed by atoms with van der Waals surface area (Å²) in [5.74, 6) is 1.83. The van der Waals surface area contributed by atoms with E-state index in [0.717, 1.165) is 41.4 Å². The van der Waals surface area contributed by atoms with Gasteiger partial charge in [-0.3, -0.25) is 10.2 Å². The molecule has 0 bridgehead atoms. The van der Waals surface area contributed by atoms with Crippen molar-refractivity contribution >= 4 is 39.8 Å². The van der Waals surface area contributed by atoms with Gasteiger partial charge >= 0.3 is 0 Å². The Morgan fingerprint density at radius 1 is 1.00 bits per heavy atom. The van der Waals surface area contributed by atoms with Crippen molar-refractivity contribution in [3.05, 3.63) is 59.7 Å². The lowest BCUT2D eigenvalue weighted by atomic mass is 10.1. The standard InChI is InChI=1S/C25H26N4O4S/c1-3-4-5-22-28-29-23(26)21(24(30)27-25(29)34-22)16-17-6-8-19(9-7-17)32-14-15-33-20-12-10-18(31-2)11-13-20/h6-13,16,26H,3-5,14-15H2,1-2H3/b21-16-,26-23?. The Kier molecular flexibility index (Phi) is 7.64. The number of hydrogen-bond donors (Lipinski definition) is 1. The van der Waals surface area contributed by atoms with E-state index in [2.05, 4.69) is 17.0 Å². The molecule has 0 radical (unpaired) electrons. The van der Waals surface area contributed by atoms with E-state index in [-0.39, 0.29) is 11.4 Å². The van der Waals surface area contributed by atoms with Crippen LogP contribution in [0.1, 0.15) is 31.7 Å². The van der Waals surface area contributed by atoms with Crippen molar-refractivity contribution in [2.45, 2.75) is 26.2 Å². The quantitative estimate of drug-likeness (QED) is 0.383. The van der Waals surface area contributed by atoms with Crippen LogP contribution in [0.2, 0.25) is 0 Å². The van der Waals surface area contributed by atoms with Crippen molar-refractivity contribution in [3.63, 3.8) is 0 Å². The molecule has 2 aromatic carbocycles. The van der Waals surface area contributed by atoms with Gasteiger partial charge in [-0.15, -0.1) is 0 Å². The molecule has 0 atom stereocenters. The summed E-state index contributed by atoms with van der Waals surface area (Å²) in [6.45, 7) is 2.90. The van der Waals surface area contributed by atoms with Crippen LogP contribution in [0.25, 0.3) is 6.08 Å². The normalized spacial score (nSPS) is 16.3. The fourth-order valence-corrected chi connectivity index (χ4v) is 4.21. The molecule has 1 N–H and O–H groups in total. The Labute approximate surface area is 202 Å². The van der Waals surface area contributed by atoms with Crippen LogP contribution in [0.5, 0.6) is 17.2 Å². The molecule has 0 aromatic heterocycles. The Balaban J connectivity index is 1.32. The maximum Gasteiger partial charge on any atom is 0.283 e. The molecule has 9 heteroatoms. The van der Waals surface area contributed by atoms with Crippen LogP contribution in [0.4, 0.5) is 0 Å². The number of unbranched alkanes of at least 4 members (excludes halogenated alkanes) is 1. The first kappa shape index (κ1) is 23.6. The number of nitrogens with zero attached hydrogens (tertiary/aromatic N) is 3. The van der Waals surface area contributed by atoms with E-state index in [0.29, 0.717) is 24.1 Å². The van der Waals surface area contributed by atoms with Gasteiger partial charge in [0.2, 0.25) is 5.17 Å². The minimum absolute atomic E-state index is 0.0463. The summed E-state index contributed by atoms with van der Waals surface area (Å²) in [5.41, 5.74) is 0.988. The monoisotopic (exact) mass is 478 g/mol. The molecule has 0 aliphatic carbocycles. The second-order valence-electron chi connectivity index (χ2n) is 7.56. The SMILES string of the molecule is CCCCC1=NN2C(=N)/C(=C/c3ccc(OCCOc4ccc(OC)cc4)cc3)C(=O)N=C2S1. The number of carbonyl (C=O) groups is 1. The number of thioether (sulfide) groups is 1. The van der Waals surface area contributed by atoms with Crippen molar-refractivity contribution in [1.82, 2.24) is 5.01 Å². The second kappa shape index (κ2) is 11.0. The fraction of sp³-hybridized carbons (Fsp3) is 0.280. The maximum absolute atomic E-state index is 12.5. The number of methoxy groups -OCH3 is 1. The zero-order chi connectivity index (χ0) is 23.9. The summed E-state index contributed by atoms with van der Waals surface area (Å²) in [6.07, 6.45) is 4.55. The van der Waals surface area contributed by atoms with Gasteiger partial charge in [-0.25, -0.2) is 0 Å². The number of amidine groups is 2. The first-order valence-corrected chi connectivity index (χ1v) is 11.9. The number of ether oxygens (including phenoxy) is 3. The summed E-state index contributed by atoms with van der Waals surface area (Å²) < 4.78 is 16.5. The van der Waals surface area contributed by atoms with Crippen LogP contribution >= 0.6 is 11.8 Å². The second-order valence-corrected chi connectivity index (χ2v) is 8.60. The molecule has 176 valence electrons. The molecule has 2 aromatic rings. The molecule has 0 saturated heterocycles. The van der Waals surface area contributed by atoms with Gasteiger partial charge in [0.05, 0.1) is 12.7 Å². The van der Waals surface area contributed by atoms with Crippen molar-refractivity contribution < 1.29 is 19.0 Å². The Bertz CT molecular complexity index is 1140. The molecular weight excluding hydrogens is 452 g/mol. The van der Waals surface area contributed by atoms with Gasteiger partial charge < -0.3 is 14.2 Å². The van der Waals surface area contributed by atoms with Crippen LogP contribution in [0, 0.1) is 5.41 Å². The molecule has 1 amide bonds. The Morgan fingerprint density at radius 2 is 1.62 bits per heavy atom. The number of nitrogens with one attached hydrogen (secondary N) is 1. The Morgan fingerprint density at radius 3 is 2.24 bits per heavy atom. The largest absolute Gasteiger partial charge is 0.497 e. The highest BCUT2D eigenvalue weighted by atomic mass is 32.2. The van der Waals surface area contributed by atoms with Crippen LogP contribution in [-0.2, 0) is 4.79 Å². The molecule has 0 unspecified atom stereocenters. The van der Waals surface area contributed by atoms with Crippen molar-refractivity contribution in [1.29, 1.82) is 5.41 Å². The minimum Gasteiger partial charge on any atom is -0.497 e. The molecule has 8 nitrogen and oxygen atoms in total. The van der Waals surface area contributed by atoms with E-state index < -0.39 is 5.91 Å². The lowest BCUT2D eigenvalue weighted by Gasteiger charge is -2.20. The van der Waals surface area contributed by atoms with Gasteiger partial charge in [-0.2, -0.15) is 15.1 Å². The third-order valence-electron chi connectivity index (χ3n) is 5.11. The van der Waals surface area contributed by atoms with Gasteiger partial charge in [-0.1, -0.05) is 25.5 Å². The van der Waals surface area contributed by atoms with E-state index in [4.69, 9.17) is 19.6 Å². The van der Waals surface area contributed by atoms with Gasteiger partial charge in [0.25, 0.3) is 5.91 Å². The zero-order valence-corrected chi connectivity index (χ0v) is 19.9. The first-order valence-electron chi connectivity index (χ1n) is 11.1. The summed E-state index contributed by atoms with van der Waals surface area (Å²) >= 11 is 1.37. The molecule has 0 saturated carbocycles. The van der Waals surface area contributed by atoms with Crippen LogP contribution in [0.15, 0.2) is 64.2 Å². The number of hydrazone groups is 1. The molecule has 0 fully saturated rings. The number of aliphatic imine (C=N–C) groups is 1. The third-order valence-corrected chi connectivity index (χ3v) is 6.08. The van der Waals surface area contributed by atoms with Gasteiger partial charge in [0.15, 0.2) is 5.84 Å². The molecule has 2 aliphatic rings.